The van der Waals surface area contributed by atoms with E-state index in [1.54, 1.807) is 6.07 Å². The van der Waals surface area contributed by atoms with Gasteiger partial charge in [-0.1, -0.05) is 0 Å². The van der Waals surface area contributed by atoms with Crippen molar-refractivity contribution in [2.24, 2.45) is 0 Å². The highest BCUT2D eigenvalue weighted by Crippen LogP contribution is 2.39. The third-order valence-corrected chi connectivity index (χ3v) is 6.23. The number of fused-ring (bicyclic) bond motifs is 1. The van der Waals surface area contributed by atoms with E-state index in [0.717, 1.165) is 12.8 Å². The Morgan fingerprint density at radius 3 is 2.86 bits per heavy atom. The zero-order chi connectivity index (χ0) is 24.8. The number of carbonyl (C=O) groups is 1. The number of ether oxygens (including phenoxy) is 2. The van der Waals surface area contributed by atoms with Crippen LogP contribution in [0, 0.1) is 0 Å². The van der Waals surface area contributed by atoms with E-state index in [0.29, 0.717) is 35.7 Å². The zero-order valence-electron chi connectivity index (χ0n) is 18.6. The van der Waals surface area contributed by atoms with Crippen LogP contribution in [0.4, 0.5) is 34.0 Å². The van der Waals surface area contributed by atoms with Crippen LogP contribution < -0.4 is 10.6 Å². The minimum atomic E-state index is -4.77. The van der Waals surface area contributed by atoms with Gasteiger partial charge < -0.3 is 15.4 Å². The van der Waals surface area contributed by atoms with E-state index < -0.39 is 37.3 Å². The largest absolute Gasteiger partial charge is 0.522 e. The van der Waals surface area contributed by atoms with E-state index in [4.69, 9.17) is 4.74 Å². The third-order valence-electron chi connectivity index (χ3n) is 6.23. The van der Waals surface area contributed by atoms with Crippen LogP contribution in [0.15, 0.2) is 24.5 Å². The van der Waals surface area contributed by atoms with Crippen LogP contribution in [0.3, 0.4) is 0 Å². The van der Waals surface area contributed by atoms with Crippen molar-refractivity contribution in [3.8, 4) is 0 Å². The van der Waals surface area contributed by atoms with Crippen molar-refractivity contribution in [2.75, 3.05) is 5.32 Å². The lowest BCUT2D eigenvalue weighted by atomic mass is 10.0. The minimum absolute atomic E-state index is 0.0677. The first-order valence-electron chi connectivity index (χ1n) is 11.1. The van der Waals surface area contributed by atoms with Crippen molar-refractivity contribution < 1.29 is 31.8 Å². The molecule has 3 atom stereocenters. The number of hydrogen-bond donors (Lipinski definition) is 3. The van der Waals surface area contributed by atoms with Crippen molar-refractivity contribution in [3.05, 3.63) is 35.9 Å². The molecule has 3 N–H and O–H groups in total. The summed E-state index contributed by atoms with van der Waals surface area (Å²) in [5.41, 5.74) is 0.757. The summed E-state index contributed by atoms with van der Waals surface area (Å²) in [6.07, 6.45) is -2.09. The van der Waals surface area contributed by atoms with Crippen LogP contribution in [-0.4, -0.2) is 55.1 Å². The smallest absolute Gasteiger partial charge is 0.443 e. The van der Waals surface area contributed by atoms with Crippen molar-refractivity contribution in [2.45, 2.75) is 69.3 Å². The molecular weight excluding hydrogens is 474 g/mol. The van der Waals surface area contributed by atoms with Crippen LogP contribution in [-0.2, 0) is 16.1 Å². The number of aromatic nitrogens is 5. The van der Waals surface area contributed by atoms with Crippen molar-refractivity contribution >= 4 is 23.2 Å². The molecule has 0 aliphatic heterocycles. The Bertz CT molecular complexity index is 1220. The molecule has 3 aromatic heterocycles. The molecule has 188 valence electrons. The molecule has 1 amide bonds. The Balaban J connectivity index is 1.24. The van der Waals surface area contributed by atoms with Gasteiger partial charge in [-0.05, 0) is 38.7 Å². The van der Waals surface area contributed by atoms with Gasteiger partial charge in [0.2, 0.25) is 0 Å². The molecule has 0 unspecified atom stereocenters. The number of anilines is 2. The number of aromatic amines is 1. The first-order chi connectivity index (χ1) is 16.6. The van der Waals surface area contributed by atoms with Gasteiger partial charge in [0.05, 0.1) is 5.69 Å². The Labute approximate surface area is 196 Å². The number of H-pyrrole nitrogens is 1. The van der Waals surface area contributed by atoms with Gasteiger partial charge >= 0.3 is 12.5 Å². The molecule has 5 rings (SSSR count). The van der Waals surface area contributed by atoms with Crippen LogP contribution in [0.2, 0.25) is 0 Å². The van der Waals surface area contributed by atoms with Gasteiger partial charge in [0.1, 0.15) is 24.4 Å². The lowest BCUT2D eigenvalue weighted by Crippen LogP contribution is -2.38. The van der Waals surface area contributed by atoms with Crippen LogP contribution in [0.1, 0.15) is 49.9 Å². The van der Waals surface area contributed by atoms with E-state index in [9.17, 15) is 18.0 Å². The molecule has 10 nitrogen and oxygen atoms in total. The Morgan fingerprint density at radius 1 is 1.31 bits per heavy atom. The van der Waals surface area contributed by atoms with Gasteiger partial charge in [0.15, 0.2) is 11.6 Å². The maximum absolute atomic E-state index is 15.1. The Morgan fingerprint density at radius 2 is 2.11 bits per heavy atom. The second-order valence-electron chi connectivity index (χ2n) is 9.07. The predicted molar refractivity (Wildman–Crippen MR) is 114 cm³/mol. The van der Waals surface area contributed by atoms with Gasteiger partial charge in [-0.25, -0.2) is 18.7 Å². The van der Waals surface area contributed by atoms with Crippen molar-refractivity contribution in [3.63, 3.8) is 0 Å². The maximum atomic E-state index is 15.1. The van der Waals surface area contributed by atoms with E-state index in [1.807, 2.05) is 6.92 Å². The molecule has 35 heavy (non-hydrogen) atoms. The average molecular weight is 497 g/mol. The first-order valence-corrected chi connectivity index (χ1v) is 11.1. The van der Waals surface area contributed by atoms with E-state index >= 15 is 4.39 Å². The molecule has 0 bridgehead atoms. The molecule has 0 spiro atoms. The summed E-state index contributed by atoms with van der Waals surface area (Å²) in [6.45, 7) is 1.17. The quantitative estimate of drug-likeness (QED) is 0.421. The molecule has 0 saturated heterocycles. The van der Waals surface area contributed by atoms with Crippen LogP contribution in [0.25, 0.3) is 5.52 Å². The molecule has 2 fully saturated rings. The normalized spacial score (nSPS) is 23.4. The molecule has 14 heteroatoms. The number of amides is 1. The summed E-state index contributed by atoms with van der Waals surface area (Å²) in [6, 6.07) is 3.04. The van der Waals surface area contributed by atoms with E-state index in [1.165, 1.54) is 23.0 Å². The molecular formula is C21H23F4N7O3. The summed E-state index contributed by atoms with van der Waals surface area (Å²) in [4.78, 5) is 16.2. The van der Waals surface area contributed by atoms with E-state index in [-0.39, 0.29) is 11.2 Å². The Hall–Kier alpha value is -3.42. The highest BCUT2D eigenvalue weighted by atomic mass is 19.4. The minimum Gasteiger partial charge on any atom is -0.443 e. The first kappa shape index (κ1) is 23.3. The molecule has 2 aliphatic rings. The number of nitrogens with one attached hydrogen (secondary N) is 3. The van der Waals surface area contributed by atoms with Gasteiger partial charge in [-0.15, -0.1) is 13.2 Å². The van der Waals surface area contributed by atoms with Gasteiger partial charge in [-0.3, -0.25) is 9.84 Å². The third kappa shape index (κ3) is 5.31. The number of nitrogens with zero attached hydrogens (tertiary/aromatic N) is 4. The predicted octanol–water partition coefficient (Wildman–Crippen LogP) is 4.10. The monoisotopic (exact) mass is 497 g/mol. The second kappa shape index (κ2) is 8.66. The van der Waals surface area contributed by atoms with Crippen LogP contribution in [0.5, 0.6) is 0 Å². The summed E-state index contributed by atoms with van der Waals surface area (Å²) in [7, 11) is 0. The second-order valence-corrected chi connectivity index (χ2v) is 9.07. The summed E-state index contributed by atoms with van der Waals surface area (Å²) < 4.78 is 62.5. The molecule has 0 aromatic carbocycles. The van der Waals surface area contributed by atoms with Gasteiger partial charge in [-0.2, -0.15) is 10.2 Å². The van der Waals surface area contributed by atoms with Gasteiger partial charge in [0.25, 0.3) is 0 Å². The van der Waals surface area contributed by atoms with Crippen molar-refractivity contribution in [1.29, 1.82) is 0 Å². The standard InChI is InChI=1S/C21H23F4N7O3/c1-20(4-5-20)28-19(33)35-15-3-2-12(17(15)22)13-9-16(30-29-13)27-18-14-8-11(10-34-21(23,24)25)31-32(14)7-6-26-18/h6-9,12,15,17H,2-5,10H2,1H3,(H,28,33)(H2,26,27,29,30)/t12-,15-,17-/m0/s1. The number of hydrogen-bond acceptors (Lipinski definition) is 7. The number of alkyl halides is 4. The fourth-order valence-electron chi connectivity index (χ4n) is 4.11. The number of carbonyl (C=O) groups excluding carboxylic acids is 1. The highest BCUT2D eigenvalue weighted by molar-refractivity contribution is 5.72. The zero-order valence-corrected chi connectivity index (χ0v) is 18.6. The topological polar surface area (TPSA) is 118 Å². The lowest BCUT2D eigenvalue weighted by molar-refractivity contribution is -0.330. The molecule has 2 aliphatic carbocycles. The fraction of sp³-hybridized carbons (Fsp3) is 0.524. The highest BCUT2D eigenvalue weighted by Gasteiger charge is 2.43. The molecule has 0 radical (unpaired) electrons. The Kier molecular flexibility index (Phi) is 5.77. The SMILES string of the molecule is CC1(NC(=O)O[C@H]2CC[C@@H](c3cc(Nc4nccn5nc(COC(F)(F)F)cc45)n[nH]3)[C@@H]2F)CC1. The molecule has 3 heterocycles. The summed E-state index contributed by atoms with van der Waals surface area (Å²) in [5, 5.41) is 16.7. The van der Waals surface area contributed by atoms with Crippen LogP contribution >= 0.6 is 0 Å². The van der Waals surface area contributed by atoms with E-state index in [2.05, 4.69) is 35.7 Å². The summed E-state index contributed by atoms with van der Waals surface area (Å²) in [5.74, 6) is 0.106. The van der Waals surface area contributed by atoms with Crippen molar-refractivity contribution in [1.82, 2.24) is 30.1 Å². The average Bonchev–Trinajstić information content (AvgIpc) is 3.14. The summed E-state index contributed by atoms with van der Waals surface area (Å²) >= 11 is 0. The fourth-order valence-corrected chi connectivity index (χ4v) is 4.11. The van der Waals surface area contributed by atoms with Gasteiger partial charge in [0, 0.05) is 35.6 Å². The molecule has 2 saturated carbocycles. The number of alkyl carbamates (subject to hydrolysis) is 1. The molecule has 3 aromatic rings. The number of rotatable bonds is 7. The maximum Gasteiger partial charge on any atom is 0.522 e. The lowest BCUT2D eigenvalue weighted by Gasteiger charge is -2.19. The number of halogens is 4.